The molecule has 1 spiro atoms. The summed E-state index contributed by atoms with van der Waals surface area (Å²) in [6.45, 7) is 6.80. The van der Waals surface area contributed by atoms with Gasteiger partial charge in [-0.1, -0.05) is 6.07 Å². The molecule has 6 nitrogen and oxygen atoms in total. The third-order valence-corrected chi connectivity index (χ3v) is 5.03. The third-order valence-electron chi connectivity index (χ3n) is 5.03. The number of carbonyl (C=O) groups is 1. The number of pyridine rings is 1. The first-order valence-electron chi connectivity index (χ1n) is 8.81. The summed E-state index contributed by atoms with van der Waals surface area (Å²) in [6.07, 6.45) is 6.11. The predicted octanol–water partition coefficient (Wildman–Crippen LogP) is 0.742. The van der Waals surface area contributed by atoms with Gasteiger partial charge >= 0.3 is 0 Å². The minimum atomic E-state index is 0.0788. The fourth-order valence-corrected chi connectivity index (χ4v) is 3.94. The van der Waals surface area contributed by atoms with Crippen LogP contribution in [0.4, 0.5) is 0 Å². The lowest BCUT2D eigenvalue weighted by molar-refractivity contribution is -0.122. The monoisotopic (exact) mass is 332 g/mol. The van der Waals surface area contributed by atoms with Gasteiger partial charge in [0.05, 0.1) is 19.8 Å². The van der Waals surface area contributed by atoms with Crippen LogP contribution < -0.4 is 5.32 Å². The summed E-state index contributed by atoms with van der Waals surface area (Å²) >= 11 is 0. The molecule has 0 aliphatic carbocycles. The summed E-state index contributed by atoms with van der Waals surface area (Å²) in [5.41, 5.74) is 1.39. The first-order valence-corrected chi connectivity index (χ1v) is 8.81. The number of nitrogens with zero attached hydrogens (tertiary/aromatic N) is 3. The van der Waals surface area contributed by atoms with Crippen LogP contribution in [0.3, 0.4) is 0 Å². The maximum atomic E-state index is 11.8. The van der Waals surface area contributed by atoms with Crippen molar-refractivity contribution in [2.45, 2.75) is 19.4 Å². The number of rotatable bonds is 4. The second kappa shape index (κ2) is 8.05. The molecular weight excluding hydrogens is 304 g/mol. The minimum absolute atomic E-state index is 0.0788. The minimum Gasteiger partial charge on any atom is -0.379 e. The Morgan fingerprint density at radius 1 is 1.38 bits per heavy atom. The fraction of sp³-hybridized carbons (Fsp3) is 0.667. The predicted molar refractivity (Wildman–Crippen MR) is 92.5 cm³/mol. The van der Waals surface area contributed by atoms with Gasteiger partial charge in [0.15, 0.2) is 0 Å². The summed E-state index contributed by atoms with van der Waals surface area (Å²) in [6, 6.07) is 4.13. The van der Waals surface area contributed by atoms with Gasteiger partial charge in [0.1, 0.15) is 0 Å². The summed E-state index contributed by atoms with van der Waals surface area (Å²) < 4.78 is 5.92. The van der Waals surface area contributed by atoms with Crippen molar-refractivity contribution in [3.8, 4) is 0 Å². The second-order valence-electron chi connectivity index (χ2n) is 7.11. The Labute approximate surface area is 144 Å². The van der Waals surface area contributed by atoms with Crippen LogP contribution in [-0.4, -0.2) is 73.7 Å². The van der Waals surface area contributed by atoms with Crippen LogP contribution in [0.25, 0.3) is 0 Å². The Morgan fingerprint density at radius 2 is 2.25 bits per heavy atom. The van der Waals surface area contributed by atoms with Crippen molar-refractivity contribution in [2.24, 2.45) is 5.41 Å². The molecule has 1 amide bonds. The van der Waals surface area contributed by atoms with E-state index in [0.717, 1.165) is 39.3 Å². The standard InChI is InChI=1S/C18H28N4O2/c1-19-17(23)12-22-8-9-24-15-18(14-22)5-3-7-21(13-18)11-16-4-2-6-20-10-16/h2,4,6,10H,3,5,7-9,11-15H2,1H3,(H,19,23). The van der Waals surface area contributed by atoms with Crippen molar-refractivity contribution >= 4 is 5.91 Å². The average molecular weight is 332 g/mol. The van der Waals surface area contributed by atoms with E-state index in [1.165, 1.54) is 18.4 Å². The number of carbonyl (C=O) groups excluding carboxylic acids is 1. The molecule has 0 radical (unpaired) electrons. The number of hydrogen-bond acceptors (Lipinski definition) is 5. The van der Waals surface area contributed by atoms with Crippen molar-refractivity contribution in [2.75, 3.05) is 53.0 Å². The Morgan fingerprint density at radius 3 is 3.04 bits per heavy atom. The van der Waals surface area contributed by atoms with E-state index < -0.39 is 0 Å². The van der Waals surface area contributed by atoms with Crippen molar-refractivity contribution in [3.63, 3.8) is 0 Å². The fourth-order valence-electron chi connectivity index (χ4n) is 3.94. The van der Waals surface area contributed by atoms with Crippen LogP contribution in [0.15, 0.2) is 24.5 Å². The van der Waals surface area contributed by atoms with Gasteiger partial charge in [0, 0.05) is 51.0 Å². The number of amides is 1. The van der Waals surface area contributed by atoms with E-state index in [1.54, 1.807) is 7.05 Å². The molecule has 1 unspecified atom stereocenters. The van der Waals surface area contributed by atoms with Crippen LogP contribution in [0.2, 0.25) is 0 Å². The highest BCUT2D eigenvalue weighted by atomic mass is 16.5. The first-order chi connectivity index (χ1) is 11.7. The van der Waals surface area contributed by atoms with Crippen molar-refractivity contribution in [3.05, 3.63) is 30.1 Å². The average Bonchev–Trinajstić information content (AvgIpc) is 2.78. The highest BCUT2D eigenvalue weighted by Gasteiger charge is 2.39. The third kappa shape index (κ3) is 4.53. The number of nitrogens with one attached hydrogen (secondary N) is 1. The van der Waals surface area contributed by atoms with Crippen molar-refractivity contribution in [1.82, 2.24) is 20.1 Å². The molecule has 1 atom stereocenters. The van der Waals surface area contributed by atoms with Crippen LogP contribution in [0.5, 0.6) is 0 Å². The number of ether oxygens (including phenoxy) is 1. The van der Waals surface area contributed by atoms with E-state index in [0.29, 0.717) is 13.2 Å². The van der Waals surface area contributed by atoms with E-state index in [1.807, 2.05) is 18.5 Å². The lowest BCUT2D eigenvalue weighted by Gasteiger charge is -2.43. The summed E-state index contributed by atoms with van der Waals surface area (Å²) in [4.78, 5) is 20.7. The number of piperidine rings is 1. The molecule has 24 heavy (non-hydrogen) atoms. The zero-order chi connectivity index (χ0) is 16.8. The molecule has 2 aliphatic rings. The summed E-state index contributed by atoms with van der Waals surface area (Å²) in [5, 5.41) is 2.73. The van der Waals surface area contributed by atoms with E-state index in [9.17, 15) is 4.79 Å². The lowest BCUT2D eigenvalue weighted by atomic mass is 9.80. The second-order valence-corrected chi connectivity index (χ2v) is 7.11. The van der Waals surface area contributed by atoms with Gasteiger partial charge in [-0.25, -0.2) is 0 Å². The largest absolute Gasteiger partial charge is 0.379 e. The molecule has 6 heteroatoms. The molecule has 0 bridgehead atoms. The molecule has 2 aliphatic heterocycles. The van der Waals surface area contributed by atoms with Crippen molar-refractivity contribution in [1.29, 1.82) is 0 Å². The first kappa shape index (κ1) is 17.3. The molecule has 1 aromatic rings. The molecular formula is C18H28N4O2. The van der Waals surface area contributed by atoms with Gasteiger partial charge in [-0.15, -0.1) is 0 Å². The van der Waals surface area contributed by atoms with Gasteiger partial charge in [0.25, 0.3) is 0 Å². The normalized spacial score (nSPS) is 26.2. The van der Waals surface area contributed by atoms with Crippen LogP contribution in [0, 0.1) is 5.41 Å². The maximum Gasteiger partial charge on any atom is 0.233 e. The summed E-state index contributed by atoms with van der Waals surface area (Å²) in [5.74, 6) is 0.0788. The van der Waals surface area contributed by atoms with Gasteiger partial charge in [0.2, 0.25) is 5.91 Å². The number of aromatic nitrogens is 1. The number of likely N-dealkylation sites (N-methyl/N-ethyl adjacent to an activating group) is 1. The molecule has 3 rings (SSSR count). The lowest BCUT2D eigenvalue weighted by Crippen LogP contribution is -2.51. The molecule has 2 saturated heterocycles. The molecule has 132 valence electrons. The van der Waals surface area contributed by atoms with Gasteiger partial charge in [-0.05, 0) is 31.0 Å². The topological polar surface area (TPSA) is 57.7 Å². The number of hydrogen-bond donors (Lipinski definition) is 1. The van der Waals surface area contributed by atoms with Crippen molar-refractivity contribution < 1.29 is 9.53 Å². The van der Waals surface area contributed by atoms with Crippen LogP contribution in [-0.2, 0) is 16.1 Å². The van der Waals surface area contributed by atoms with Crippen LogP contribution in [0.1, 0.15) is 18.4 Å². The molecule has 1 aromatic heterocycles. The van der Waals surface area contributed by atoms with Crippen LogP contribution >= 0.6 is 0 Å². The van der Waals surface area contributed by atoms with E-state index in [4.69, 9.17) is 4.74 Å². The molecule has 3 heterocycles. The highest BCUT2D eigenvalue weighted by Crippen LogP contribution is 2.33. The Hall–Kier alpha value is -1.50. The van der Waals surface area contributed by atoms with E-state index in [-0.39, 0.29) is 11.3 Å². The Kier molecular flexibility index (Phi) is 5.81. The Balaban J connectivity index is 1.65. The van der Waals surface area contributed by atoms with E-state index in [2.05, 4.69) is 26.2 Å². The zero-order valence-electron chi connectivity index (χ0n) is 14.5. The highest BCUT2D eigenvalue weighted by molar-refractivity contribution is 5.77. The molecule has 1 N–H and O–H groups in total. The Bertz CT molecular complexity index is 539. The van der Waals surface area contributed by atoms with Gasteiger partial charge in [-0.3, -0.25) is 19.6 Å². The van der Waals surface area contributed by atoms with Gasteiger partial charge < -0.3 is 10.1 Å². The quantitative estimate of drug-likeness (QED) is 0.881. The zero-order valence-corrected chi connectivity index (χ0v) is 14.5. The molecule has 0 saturated carbocycles. The SMILES string of the molecule is CNC(=O)CN1CCOCC2(CCCN(Cc3cccnc3)C2)C1. The van der Waals surface area contributed by atoms with E-state index >= 15 is 0 Å². The smallest absolute Gasteiger partial charge is 0.233 e. The molecule has 0 aromatic carbocycles. The van der Waals surface area contributed by atoms with Gasteiger partial charge in [-0.2, -0.15) is 0 Å². The molecule has 2 fully saturated rings. The number of likely N-dealkylation sites (tertiary alicyclic amines) is 1. The maximum absolute atomic E-state index is 11.8. The summed E-state index contributed by atoms with van der Waals surface area (Å²) in [7, 11) is 1.70.